The Labute approximate surface area is 165 Å². The lowest BCUT2D eigenvalue weighted by molar-refractivity contribution is -0.131. The van der Waals surface area contributed by atoms with Gasteiger partial charge < -0.3 is 14.5 Å². The van der Waals surface area contributed by atoms with Gasteiger partial charge in [-0.3, -0.25) is 14.5 Å². The maximum Gasteiger partial charge on any atom is 0.265 e. The van der Waals surface area contributed by atoms with Crippen LogP contribution < -0.4 is 0 Å². The minimum Gasteiger partial charge on any atom is -0.379 e. The number of aryl methyl sites for hydroxylation is 2. The van der Waals surface area contributed by atoms with Crippen molar-refractivity contribution in [3.05, 3.63) is 15.6 Å². The van der Waals surface area contributed by atoms with Gasteiger partial charge in [0.2, 0.25) is 5.91 Å². The summed E-state index contributed by atoms with van der Waals surface area (Å²) in [6, 6.07) is 0.116. The molecule has 0 radical (unpaired) electrons. The molecule has 1 aromatic rings. The highest BCUT2D eigenvalue weighted by Gasteiger charge is 2.33. The molecule has 8 heteroatoms. The van der Waals surface area contributed by atoms with E-state index >= 15 is 0 Å². The Kier molecular flexibility index (Phi) is 6.83. The van der Waals surface area contributed by atoms with E-state index in [-0.39, 0.29) is 17.9 Å². The number of thiazole rings is 1. The Balaban J connectivity index is 1.53. The van der Waals surface area contributed by atoms with Gasteiger partial charge in [0, 0.05) is 46.2 Å². The first-order valence-corrected chi connectivity index (χ1v) is 10.6. The van der Waals surface area contributed by atoms with Crippen LogP contribution in [0.3, 0.4) is 0 Å². The van der Waals surface area contributed by atoms with Gasteiger partial charge in [0.05, 0.1) is 30.0 Å². The van der Waals surface area contributed by atoms with Crippen LogP contribution >= 0.6 is 11.3 Å². The predicted octanol–water partition coefficient (Wildman–Crippen LogP) is 1.55. The van der Waals surface area contributed by atoms with Crippen molar-refractivity contribution in [3.63, 3.8) is 0 Å². The molecule has 1 atom stereocenters. The third-order valence-corrected chi connectivity index (χ3v) is 6.43. The summed E-state index contributed by atoms with van der Waals surface area (Å²) in [6.07, 6.45) is 1.80. The van der Waals surface area contributed by atoms with Crippen LogP contribution in [0.4, 0.5) is 0 Å². The van der Waals surface area contributed by atoms with Gasteiger partial charge >= 0.3 is 0 Å². The van der Waals surface area contributed by atoms with E-state index in [1.807, 2.05) is 23.6 Å². The van der Waals surface area contributed by atoms with E-state index in [4.69, 9.17) is 4.74 Å². The van der Waals surface area contributed by atoms with Crippen molar-refractivity contribution in [2.24, 2.45) is 0 Å². The second-order valence-electron chi connectivity index (χ2n) is 7.36. The zero-order valence-electron chi connectivity index (χ0n) is 16.6. The number of hydrogen-bond acceptors (Lipinski definition) is 6. The lowest BCUT2D eigenvalue weighted by Gasteiger charge is -2.30. The molecule has 2 aliphatic rings. The van der Waals surface area contributed by atoms with Crippen LogP contribution in [0.5, 0.6) is 0 Å². The number of carbonyl (C=O) groups is 2. The molecule has 150 valence electrons. The Morgan fingerprint density at radius 1 is 1.26 bits per heavy atom. The first kappa shape index (κ1) is 20.2. The molecule has 3 heterocycles. The lowest BCUT2D eigenvalue weighted by atomic mass is 10.2. The summed E-state index contributed by atoms with van der Waals surface area (Å²) >= 11 is 1.46. The maximum absolute atomic E-state index is 12.8. The van der Waals surface area contributed by atoms with Gasteiger partial charge in [-0.05, 0) is 26.7 Å². The number of amides is 2. The van der Waals surface area contributed by atoms with E-state index in [2.05, 4.69) is 9.88 Å². The number of likely N-dealkylation sites (tertiary alicyclic amines) is 1. The summed E-state index contributed by atoms with van der Waals surface area (Å²) < 4.78 is 5.38. The summed E-state index contributed by atoms with van der Waals surface area (Å²) in [6.45, 7) is 12.0. The van der Waals surface area contributed by atoms with Gasteiger partial charge in [-0.2, -0.15) is 0 Å². The molecule has 0 N–H and O–H groups in total. The summed E-state index contributed by atoms with van der Waals surface area (Å²) in [7, 11) is 0. The molecule has 2 saturated heterocycles. The molecule has 1 unspecified atom stereocenters. The second kappa shape index (κ2) is 9.12. The van der Waals surface area contributed by atoms with E-state index < -0.39 is 0 Å². The van der Waals surface area contributed by atoms with Gasteiger partial charge in [-0.25, -0.2) is 4.98 Å². The molecule has 0 aliphatic carbocycles. The Hall–Kier alpha value is -1.51. The number of aromatic nitrogens is 1. The van der Waals surface area contributed by atoms with Crippen molar-refractivity contribution in [3.8, 4) is 0 Å². The largest absolute Gasteiger partial charge is 0.379 e. The fraction of sp³-hybridized carbons (Fsp3) is 0.737. The van der Waals surface area contributed by atoms with Crippen molar-refractivity contribution >= 4 is 23.2 Å². The first-order chi connectivity index (χ1) is 13.0. The summed E-state index contributed by atoms with van der Waals surface area (Å²) in [5.74, 6) is 0.151. The highest BCUT2D eigenvalue weighted by Crippen LogP contribution is 2.23. The molecular formula is C19H30N4O3S. The van der Waals surface area contributed by atoms with Crippen LogP contribution in [-0.4, -0.2) is 90.0 Å². The van der Waals surface area contributed by atoms with E-state index in [9.17, 15) is 9.59 Å². The minimum atomic E-state index is 0.0532. The molecule has 0 bridgehead atoms. The Bertz CT molecular complexity index is 672. The van der Waals surface area contributed by atoms with Gasteiger partial charge in [-0.15, -0.1) is 11.3 Å². The molecule has 2 fully saturated rings. The minimum absolute atomic E-state index is 0.0532. The molecule has 0 aromatic carbocycles. The first-order valence-electron chi connectivity index (χ1n) is 9.76. The lowest BCUT2D eigenvalue weighted by Crippen LogP contribution is -2.43. The predicted molar refractivity (Wildman–Crippen MR) is 105 cm³/mol. The molecule has 0 saturated carbocycles. The highest BCUT2D eigenvalue weighted by molar-refractivity contribution is 7.13. The van der Waals surface area contributed by atoms with Gasteiger partial charge in [0.15, 0.2) is 0 Å². The normalized spacial score (nSPS) is 20.9. The molecule has 2 amide bonds. The average Bonchev–Trinajstić information content (AvgIpc) is 3.25. The van der Waals surface area contributed by atoms with Crippen molar-refractivity contribution in [1.29, 1.82) is 0 Å². The molecule has 3 rings (SSSR count). The van der Waals surface area contributed by atoms with E-state index in [1.165, 1.54) is 11.3 Å². The van der Waals surface area contributed by atoms with Gasteiger partial charge in [0.25, 0.3) is 5.91 Å². The fourth-order valence-corrected chi connectivity index (χ4v) is 4.83. The van der Waals surface area contributed by atoms with Crippen molar-refractivity contribution in [2.45, 2.75) is 39.7 Å². The Morgan fingerprint density at radius 2 is 2.00 bits per heavy atom. The van der Waals surface area contributed by atoms with E-state index in [1.54, 1.807) is 6.92 Å². The van der Waals surface area contributed by atoms with Crippen LogP contribution in [0.1, 0.15) is 40.1 Å². The fourth-order valence-electron chi connectivity index (χ4n) is 3.94. The monoisotopic (exact) mass is 394 g/mol. The van der Waals surface area contributed by atoms with E-state index in [0.29, 0.717) is 13.1 Å². The van der Waals surface area contributed by atoms with Gasteiger partial charge in [-0.1, -0.05) is 0 Å². The number of carbonyl (C=O) groups excluding carboxylic acids is 2. The van der Waals surface area contributed by atoms with Crippen LogP contribution in [0, 0.1) is 13.8 Å². The third kappa shape index (κ3) is 5.06. The van der Waals surface area contributed by atoms with E-state index in [0.717, 1.165) is 67.8 Å². The van der Waals surface area contributed by atoms with Gasteiger partial charge in [0.1, 0.15) is 4.88 Å². The smallest absolute Gasteiger partial charge is 0.265 e. The standard InChI is InChI=1S/C19H30N4O3S/c1-14-18(27-15(2)20-14)19(25)22-8-5-17(13-22)23(16(3)24)7-4-6-21-9-11-26-12-10-21/h17H,4-13H2,1-3H3. The summed E-state index contributed by atoms with van der Waals surface area (Å²) in [4.78, 5) is 36.3. The number of hydrogen-bond donors (Lipinski definition) is 0. The average molecular weight is 395 g/mol. The molecule has 7 nitrogen and oxygen atoms in total. The number of nitrogens with zero attached hydrogens (tertiary/aromatic N) is 4. The second-order valence-corrected chi connectivity index (χ2v) is 8.56. The Morgan fingerprint density at radius 3 is 2.63 bits per heavy atom. The summed E-state index contributed by atoms with van der Waals surface area (Å²) in [5.41, 5.74) is 0.805. The van der Waals surface area contributed by atoms with Crippen LogP contribution in [-0.2, 0) is 9.53 Å². The van der Waals surface area contributed by atoms with Crippen molar-refractivity contribution < 1.29 is 14.3 Å². The zero-order valence-corrected chi connectivity index (χ0v) is 17.4. The topological polar surface area (TPSA) is 66.0 Å². The third-order valence-electron chi connectivity index (χ3n) is 5.37. The maximum atomic E-state index is 12.8. The molecule has 27 heavy (non-hydrogen) atoms. The number of morpholine rings is 1. The number of rotatable bonds is 6. The molecule has 1 aromatic heterocycles. The van der Waals surface area contributed by atoms with Crippen LogP contribution in [0.15, 0.2) is 0 Å². The zero-order chi connectivity index (χ0) is 19.4. The molecule has 2 aliphatic heterocycles. The number of ether oxygens (including phenoxy) is 1. The molecular weight excluding hydrogens is 364 g/mol. The highest BCUT2D eigenvalue weighted by atomic mass is 32.1. The van der Waals surface area contributed by atoms with Crippen LogP contribution in [0.2, 0.25) is 0 Å². The quantitative estimate of drug-likeness (QED) is 0.732. The SMILES string of the molecule is CC(=O)N(CCCN1CCOCC1)C1CCN(C(=O)c2sc(C)nc2C)C1. The van der Waals surface area contributed by atoms with Crippen molar-refractivity contribution in [1.82, 2.24) is 19.7 Å². The van der Waals surface area contributed by atoms with Crippen LogP contribution in [0.25, 0.3) is 0 Å². The molecule has 0 spiro atoms. The summed E-state index contributed by atoms with van der Waals surface area (Å²) in [5, 5.41) is 0.917. The van der Waals surface area contributed by atoms with Crippen molar-refractivity contribution in [2.75, 3.05) is 52.5 Å².